The van der Waals surface area contributed by atoms with Crippen molar-refractivity contribution in [3.8, 4) is 0 Å². The van der Waals surface area contributed by atoms with Gasteiger partial charge in [-0.05, 0) is 29.3 Å². The smallest absolute Gasteiger partial charge is 0.339 e. The molecule has 0 bridgehead atoms. The Kier molecular flexibility index (Phi) is 5.45. The highest BCUT2D eigenvalue weighted by Crippen LogP contribution is 2.35. The average Bonchev–Trinajstić information content (AvgIpc) is 3.33. The minimum atomic E-state index is -0.525. The van der Waals surface area contributed by atoms with E-state index in [4.69, 9.17) is 4.74 Å². The number of aryl methyl sites for hydroxylation is 1. The second-order valence-corrected chi connectivity index (χ2v) is 7.88. The van der Waals surface area contributed by atoms with Gasteiger partial charge in [-0.15, -0.1) is 0 Å². The molecule has 29 heavy (non-hydrogen) atoms. The third-order valence-electron chi connectivity index (χ3n) is 5.05. The molecule has 6 heteroatoms. The maximum Gasteiger partial charge on any atom is 0.339 e. The molecule has 0 saturated carbocycles. The molecule has 146 valence electrons. The number of carbonyl (C=O) groups excluding carboxylic acids is 2. The largest absolute Gasteiger partial charge is 0.454 e. The van der Waals surface area contributed by atoms with Gasteiger partial charge >= 0.3 is 5.97 Å². The monoisotopic (exact) mass is 450 g/mol. The fourth-order valence-electron chi connectivity index (χ4n) is 3.54. The summed E-state index contributed by atoms with van der Waals surface area (Å²) in [6.07, 6.45) is 4.83. The van der Waals surface area contributed by atoms with Crippen LogP contribution in [0.15, 0.2) is 77.5 Å². The van der Waals surface area contributed by atoms with Crippen LogP contribution in [0.3, 0.4) is 0 Å². The van der Waals surface area contributed by atoms with Crippen LogP contribution in [0, 0.1) is 0 Å². The van der Waals surface area contributed by atoms with E-state index in [9.17, 15) is 9.59 Å². The zero-order valence-corrected chi connectivity index (χ0v) is 17.4. The van der Waals surface area contributed by atoms with Crippen LogP contribution >= 0.6 is 15.9 Å². The van der Waals surface area contributed by atoms with Gasteiger partial charge in [-0.2, -0.15) is 0 Å². The van der Waals surface area contributed by atoms with E-state index in [2.05, 4.69) is 20.9 Å². The van der Waals surface area contributed by atoms with E-state index in [1.165, 1.54) is 0 Å². The molecule has 3 aromatic rings. The molecule has 5 nitrogen and oxygen atoms in total. The van der Waals surface area contributed by atoms with E-state index in [0.29, 0.717) is 11.4 Å². The normalized spacial score (nSPS) is 17.0. The lowest BCUT2D eigenvalue weighted by Gasteiger charge is -2.21. The van der Waals surface area contributed by atoms with Gasteiger partial charge in [0.1, 0.15) is 6.10 Å². The number of imidazole rings is 1. The first kappa shape index (κ1) is 19.3. The second kappa shape index (κ2) is 8.17. The molecule has 1 aromatic heterocycles. The predicted octanol–water partition coefficient (Wildman–Crippen LogP) is 4.55. The van der Waals surface area contributed by atoms with Gasteiger partial charge < -0.3 is 9.30 Å². The molecule has 0 N–H and O–H groups in total. The van der Waals surface area contributed by atoms with Crippen LogP contribution in [0.25, 0.3) is 5.57 Å². The summed E-state index contributed by atoms with van der Waals surface area (Å²) in [4.78, 5) is 29.6. The Morgan fingerprint density at radius 1 is 1.17 bits per heavy atom. The van der Waals surface area contributed by atoms with Crippen LogP contribution in [0.4, 0.5) is 0 Å². The Morgan fingerprint density at radius 3 is 2.55 bits per heavy atom. The van der Waals surface area contributed by atoms with Crippen LogP contribution in [-0.2, 0) is 16.6 Å². The molecule has 0 spiro atoms. The topological polar surface area (TPSA) is 61.2 Å². The van der Waals surface area contributed by atoms with Gasteiger partial charge in [-0.3, -0.25) is 4.79 Å². The molecule has 0 aliphatic carbocycles. The van der Waals surface area contributed by atoms with E-state index in [1.807, 2.05) is 60.7 Å². The van der Waals surface area contributed by atoms with Gasteiger partial charge in [0.05, 0.1) is 5.57 Å². The number of ether oxygens (including phenoxy) is 1. The number of hydrogen-bond donors (Lipinski definition) is 0. The molecule has 0 unspecified atom stereocenters. The van der Waals surface area contributed by atoms with Crippen molar-refractivity contribution in [1.82, 2.24) is 9.55 Å². The molecule has 1 aliphatic heterocycles. The summed E-state index contributed by atoms with van der Waals surface area (Å²) in [6, 6.07) is 17.2. The molecule has 2 atom stereocenters. The maximum atomic E-state index is 12.9. The summed E-state index contributed by atoms with van der Waals surface area (Å²) in [5.41, 5.74) is 2.27. The third-order valence-corrected chi connectivity index (χ3v) is 5.58. The highest BCUT2D eigenvalue weighted by Gasteiger charge is 2.35. The number of Topliss-reactive ketones (excluding diaryl/α,β-unsaturated/α-hetero) is 1. The summed E-state index contributed by atoms with van der Waals surface area (Å²) < 4.78 is 8.35. The van der Waals surface area contributed by atoms with Crippen molar-refractivity contribution in [2.24, 2.45) is 7.05 Å². The first-order valence-electron chi connectivity index (χ1n) is 9.27. The van der Waals surface area contributed by atoms with Gasteiger partial charge in [0, 0.05) is 36.3 Å². The zero-order chi connectivity index (χ0) is 20.4. The molecule has 0 saturated heterocycles. The minimum absolute atomic E-state index is 0.0944. The number of hydrogen-bond acceptors (Lipinski definition) is 4. The van der Waals surface area contributed by atoms with Crippen molar-refractivity contribution in [2.45, 2.75) is 18.4 Å². The molecular formula is C23H19BrN2O3. The standard InChI is InChI=1S/C23H19BrN2O3/c1-26-12-11-25-22(26)20(27)13-18(16-7-9-17(24)10-8-16)21-14-19(23(28)29-21)15-5-3-2-4-6-15/h2-12,14,18,21H,13H2,1H3/t18-,21-/m0/s1. The lowest BCUT2D eigenvalue weighted by molar-refractivity contribution is -0.138. The fraction of sp³-hybridized carbons (Fsp3) is 0.174. The summed E-state index contributed by atoms with van der Waals surface area (Å²) in [5, 5.41) is 0. The van der Waals surface area contributed by atoms with Gasteiger partial charge in [-0.1, -0.05) is 58.4 Å². The second-order valence-electron chi connectivity index (χ2n) is 6.96. The van der Waals surface area contributed by atoms with Crippen molar-refractivity contribution < 1.29 is 14.3 Å². The lowest BCUT2D eigenvalue weighted by Crippen LogP contribution is -2.23. The quantitative estimate of drug-likeness (QED) is 0.408. The Balaban J connectivity index is 1.68. The van der Waals surface area contributed by atoms with Crippen LogP contribution in [0.1, 0.15) is 34.1 Å². The summed E-state index contributed by atoms with van der Waals surface area (Å²) in [7, 11) is 1.79. The van der Waals surface area contributed by atoms with Crippen LogP contribution in [0.5, 0.6) is 0 Å². The number of esters is 1. The fourth-order valence-corrected chi connectivity index (χ4v) is 3.81. The summed E-state index contributed by atoms with van der Waals surface area (Å²) in [6.45, 7) is 0. The van der Waals surface area contributed by atoms with Crippen molar-refractivity contribution in [1.29, 1.82) is 0 Å². The Morgan fingerprint density at radius 2 is 1.90 bits per heavy atom. The van der Waals surface area contributed by atoms with Crippen molar-refractivity contribution >= 4 is 33.3 Å². The molecule has 2 heterocycles. The van der Waals surface area contributed by atoms with E-state index in [0.717, 1.165) is 15.6 Å². The zero-order valence-electron chi connectivity index (χ0n) is 15.8. The average molecular weight is 451 g/mol. The Labute approximate surface area is 177 Å². The van der Waals surface area contributed by atoms with E-state index in [1.54, 1.807) is 24.0 Å². The number of benzene rings is 2. The molecule has 1 aliphatic rings. The SMILES string of the molecule is Cn1ccnc1C(=O)C[C@@H](c1ccc(Br)cc1)[C@@H]1C=C(c2ccccc2)C(=O)O1. The maximum absolute atomic E-state index is 12.9. The number of nitrogens with zero attached hydrogens (tertiary/aromatic N) is 2. The van der Waals surface area contributed by atoms with Crippen molar-refractivity contribution in [3.05, 3.63) is 94.5 Å². The van der Waals surface area contributed by atoms with Crippen LogP contribution in [-0.4, -0.2) is 27.4 Å². The van der Waals surface area contributed by atoms with Crippen molar-refractivity contribution in [3.63, 3.8) is 0 Å². The third kappa shape index (κ3) is 4.07. The van der Waals surface area contributed by atoms with Gasteiger partial charge in [-0.25, -0.2) is 9.78 Å². The van der Waals surface area contributed by atoms with Crippen LogP contribution in [0.2, 0.25) is 0 Å². The molecule has 2 aromatic carbocycles. The first-order valence-corrected chi connectivity index (χ1v) is 10.1. The first-order chi connectivity index (χ1) is 14.0. The predicted molar refractivity (Wildman–Crippen MR) is 113 cm³/mol. The minimum Gasteiger partial charge on any atom is -0.454 e. The molecule has 0 amide bonds. The number of cyclic esters (lactones) is 1. The highest BCUT2D eigenvalue weighted by atomic mass is 79.9. The lowest BCUT2D eigenvalue weighted by atomic mass is 9.87. The van der Waals surface area contributed by atoms with E-state index >= 15 is 0 Å². The number of aromatic nitrogens is 2. The summed E-state index contributed by atoms with van der Waals surface area (Å²) in [5.74, 6) is -0.378. The van der Waals surface area contributed by atoms with Gasteiger partial charge in [0.25, 0.3) is 0 Å². The molecule has 0 radical (unpaired) electrons. The Hall–Kier alpha value is -2.99. The van der Waals surface area contributed by atoms with E-state index in [-0.39, 0.29) is 24.1 Å². The van der Waals surface area contributed by atoms with Gasteiger partial charge in [0.2, 0.25) is 0 Å². The van der Waals surface area contributed by atoms with Crippen LogP contribution < -0.4 is 0 Å². The van der Waals surface area contributed by atoms with Crippen molar-refractivity contribution in [2.75, 3.05) is 0 Å². The number of ketones is 1. The molecular weight excluding hydrogens is 432 g/mol. The van der Waals surface area contributed by atoms with E-state index < -0.39 is 6.10 Å². The van der Waals surface area contributed by atoms with Gasteiger partial charge in [0.15, 0.2) is 11.6 Å². The Bertz CT molecular complexity index is 1070. The number of halogens is 1. The molecule has 4 rings (SSSR count). The highest BCUT2D eigenvalue weighted by molar-refractivity contribution is 9.10. The number of carbonyl (C=O) groups is 2. The number of rotatable bonds is 6. The molecule has 0 fully saturated rings. The summed E-state index contributed by atoms with van der Waals surface area (Å²) >= 11 is 3.44.